The van der Waals surface area contributed by atoms with Crippen LogP contribution in [0.5, 0.6) is 5.75 Å². The first kappa shape index (κ1) is 22.1. The summed E-state index contributed by atoms with van der Waals surface area (Å²) in [4.78, 5) is 32.0. The van der Waals surface area contributed by atoms with Crippen molar-refractivity contribution in [3.8, 4) is 5.75 Å². The van der Waals surface area contributed by atoms with Crippen molar-refractivity contribution in [3.63, 3.8) is 0 Å². The maximum Gasteiger partial charge on any atom is 0.229 e. The molecule has 1 atom stereocenters. The molecule has 0 bridgehead atoms. The predicted molar refractivity (Wildman–Crippen MR) is 128 cm³/mol. The Labute approximate surface area is 189 Å². The van der Waals surface area contributed by atoms with E-state index < -0.39 is 5.92 Å². The van der Waals surface area contributed by atoms with E-state index >= 15 is 0 Å². The fraction of sp³-hybridized carbons (Fsp3) is 0.440. The second-order valence-corrected chi connectivity index (χ2v) is 8.49. The normalized spacial score (nSPS) is 19.3. The van der Waals surface area contributed by atoms with Crippen molar-refractivity contribution >= 4 is 28.9 Å². The average molecular weight is 437 g/mol. The molecule has 2 heterocycles. The van der Waals surface area contributed by atoms with Crippen molar-refractivity contribution in [1.82, 2.24) is 4.90 Å². The summed E-state index contributed by atoms with van der Waals surface area (Å²) >= 11 is 0. The zero-order chi connectivity index (χ0) is 22.7. The van der Waals surface area contributed by atoms with E-state index in [4.69, 9.17) is 4.74 Å². The Morgan fingerprint density at radius 2 is 1.84 bits per heavy atom. The van der Waals surface area contributed by atoms with Gasteiger partial charge in [-0.1, -0.05) is 19.1 Å². The molecular weight excluding hydrogens is 404 g/mol. The van der Waals surface area contributed by atoms with Crippen LogP contribution >= 0.6 is 0 Å². The third-order valence-electron chi connectivity index (χ3n) is 6.50. The van der Waals surface area contributed by atoms with Crippen molar-refractivity contribution in [2.75, 3.05) is 61.5 Å². The highest BCUT2D eigenvalue weighted by Gasteiger charge is 2.36. The standard InChI is InChI=1S/C25H32N4O3/c1-4-27-11-13-28(14-12-27)21-10-9-20(15-18(21)2)26-25(31)19-16-24(30)29(17-19)22-7-5-6-8-23(22)32-3/h5-10,15,19H,4,11-14,16-17H2,1-3H3,(H,26,31)/t19-/m1/s1. The fourth-order valence-corrected chi connectivity index (χ4v) is 4.61. The van der Waals surface area contributed by atoms with Crippen LogP contribution in [0.15, 0.2) is 42.5 Å². The Kier molecular flexibility index (Phi) is 6.65. The summed E-state index contributed by atoms with van der Waals surface area (Å²) in [7, 11) is 1.58. The topological polar surface area (TPSA) is 65.1 Å². The monoisotopic (exact) mass is 436 g/mol. The second kappa shape index (κ2) is 9.61. The molecule has 2 amide bonds. The Balaban J connectivity index is 1.40. The molecule has 2 saturated heterocycles. The molecule has 0 unspecified atom stereocenters. The van der Waals surface area contributed by atoms with Crippen LogP contribution in [0.3, 0.4) is 0 Å². The van der Waals surface area contributed by atoms with Gasteiger partial charge in [-0.2, -0.15) is 0 Å². The summed E-state index contributed by atoms with van der Waals surface area (Å²) in [6.45, 7) is 9.91. The molecule has 0 spiro atoms. The zero-order valence-corrected chi connectivity index (χ0v) is 19.1. The molecule has 2 aliphatic heterocycles. The van der Waals surface area contributed by atoms with Crippen LogP contribution in [0.1, 0.15) is 18.9 Å². The molecule has 2 fully saturated rings. The summed E-state index contributed by atoms with van der Waals surface area (Å²) in [5.74, 6) is 0.0502. The Morgan fingerprint density at radius 1 is 1.09 bits per heavy atom. The quantitative estimate of drug-likeness (QED) is 0.754. The third-order valence-corrected chi connectivity index (χ3v) is 6.50. The van der Waals surface area contributed by atoms with Crippen molar-refractivity contribution in [1.29, 1.82) is 0 Å². The van der Waals surface area contributed by atoms with Gasteiger partial charge in [0.05, 0.1) is 18.7 Å². The van der Waals surface area contributed by atoms with E-state index in [1.807, 2.05) is 36.4 Å². The van der Waals surface area contributed by atoms with E-state index in [1.165, 1.54) is 5.69 Å². The number of likely N-dealkylation sites (N-methyl/N-ethyl adjacent to an activating group) is 1. The lowest BCUT2D eigenvalue weighted by atomic mass is 10.1. The summed E-state index contributed by atoms with van der Waals surface area (Å²) < 4.78 is 5.38. The molecule has 0 radical (unpaired) electrons. The molecule has 2 aromatic rings. The van der Waals surface area contributed by atoms with Crippen LogP contribution in [0, 0.1) is 12.8 Å². The number of methoxy groups -OCH3 is 1. The van der Waals surface area contributed by atoms with Crippen molar-refractivity contribution in [2.24, 2.45) is 5.92 Å². The van der Waals surface area contributed by atoms with Gasteiger partial charge < -0.3 is 24.8 Å². The van der Waals surface area contributed by atoms with Crippen molar-refractivity contribution in [3.05, 3.63) is 48.0 Å². The van der Waals surface area contributed by atoms with Crippen LogP contribution in [0.2, 0.25) is 0 Å². The predicted octanol–water partition coefficient (Wildman–Crippen LogP) is 3.14. The SMILES string of the molecule is CCN1CCN(c2ccc(NC(=O)[C@@H]3CC(=O)N(c4ccccc4OC)C3)cc2C)CC1. The van der Waals surface area contributed by atoms with Crippen LogP contribution < -0.4 is 19.9 Å². The van der Waals surface area contributed by atoms with Gasteiger partial charge in [-0.25, -0.2) is 0 Å². The highest BCUT2D eigenvalue weighted by Crippen LogP contribution is 2.33. The van der Waals surface area contributed by atoms with E-state index in [-0.39, 0.29) is 18.2 Å². The van der Waals surface area contributed by atoms with Gasteiger partial charge in [0.2, 0.25) is 11.8 Å². The zero-order valence-electron chi connectivity index (χ0n) is 19.1. The Morgan fingerprint density at radius 3 is 2.53 bits per heavy atom. The van der Waals surface area contributed by atoms with Gasteiger partial charge in [-0.15, -0.1) is 0 Å². The van der Waals surface area contributed by atoms with Crippen molar-refractivity contribution in [2.45, 2.75) is 20.3 Å². The molecule has 2 aromatic carbocycles. The van der Waals surface area contributed by atoms with Crippen molar-refractivity contribution < 1.29 is 14.3 Å². The number of hydrogen-bond donors (Lipinski definition) is 1. The molecule has 170 valence electrons. The molecule has 0 aliphatic carbocycles. The summed E-state index contributed by atoms with van der Waals surface area (Å²) in [5.41, 5.74) is 3.84. The minimum absolute atomic E-state index is 0.0626. The largest absolute Gasteiger partial charge is 0.495 e. The number of rotatable bonds is 6. The molecule has 2 aliphatic rings. The van der Waals surface area contributed by atoms with E-state index in [2.05, 4.69) is 35.0 Å². The number of anilines is 3. The minimum atomic E-state index is -0.394. The highest BCUT2D eigenvalue weighted by molar-refractivity contribution is 6.04. The maximum atomic E-state index is 12.9. The fourth-order valence-electron chi connectivity index (χ4n) is 4.61. The van der Waals surface area contributed by atoms with E-state index in [0.717, 1.165) is 44.0 Å². The first-order valence-electron chi connectivity index (χ1n) is 11.3. The van der Waals surface area contributed by atoms with Crippen LogP contribution in [0.25, 0.3) is 0 Å². The third kappa shape index (κ3) is 4.58. The van der Waals surface area contributed by atoms with Gasteiger partial charge in [-0.05, 0) is 49.4 Å². The number of ether oxygens (including phenoxy) is 1. The number of nitrogens with zero attached hydrogens (tertiary/aromatic N) is 3. The number of carbonyl (C=O) groups is 2. The number of amides is 2. The van der Waals surface area contributed by atoms with Gasteiger partial charge in [0.1, 0.15) is 5.75 Å². The molecule has 4 rings (SSSR count). The summed E-state index contributed by atoms with van der Waals surface area (Å²) in [6.07, 6.45) is 0.197. The second-order valence-electron chi connectivity index (χ2n) is 8.49. The minimum Gasteiger partial charge on any atom is -0.495 e. The molecule has 1 N–H and O–H groups in total. The lowest BCUT2D eigenvalue weighted by molar-refractivity contribution is -0.122. The van der Waals surface area contributed by atoms with E-state index in [9.17, 15) is 9.59 Å². The van der Waals surface area contributed by atoms with Crippen LogP contribution in [-0.4, -0.2) is 63.1 Å². The molecular formula is C25H32N4O3. The van der Waals surface area contributed by atoms with Gasteiger partial charge in [0, 0.05) is 50.5 Å². The number of nitrogens with one attached hydrogen (secondary N) is 1. The summed E-state index contributed by atoms with van der Waals surface area (Å²) in [6, 6.07) is 13.5. The number of aryl methyl sites for hydroxylation is 1. The number of para-hydroxylation sites is 2. The molecule has 32 heavy (non-hydrogen) atoms. The molecule has 0 saturated carbocycles. The Bertz CT molecular complexity index is 985. The summed E-state index contributed by atoms with van der Waals surface area (Å²) in [5, 5.41) is 3.02. The lowest BCUT2D eigenvalue weighted by Crippen LogP contribution is -2.46. The Hall–Kier alpha value is -3.06. The number of piperazine rings is 1. The molecule has 7 nitrogen and oxygen atoms in total. The first-order chi connectivity index (χ1) is 15.5. The number of hydrogen-bond acceptors (Lipinski definition) is 5. The van der Waals surface area contributed by atoms with Crippen LogP contribution in [0.4, 0.5) is 17.1 Å². The molecule has 7 heteroatoms. The van der Waals surface area contributed by atoms with E-state index in [1.54, 1.807) is 12.0 Å². The molecule has 0 aromatic heterocycles. The van der Waals surface area contributed by atoms with Gasteiger partial charge >= 0.3 is 0 Å². The maximum absolute atomic E-state index is 12.9. The highest BCUT2D eigenvalue weighted by atomic mass is 16.5. The van der Waals surface area contributed by atoms with Gasteiger partial charge in [0.25, 0.3) is 0 Å². The van der Waals surface area contributed by atoms with Crippen LogP contribution in [-0.2, 0) is 9.59 Å². The van der Waals surface area contributed by atoms with Gasteiger partial charge in [-0.3, -0.25) is 9.59 Å². The van der Waals surface area contributed by atoms with E-state index in [0.29, 0.717) is 18.0 Å². The average Bonchev–Trinajstić information content (AvgIpc) is 3.21. The first-order valence-corrected chi connectivity index (χ1v) is 11.3. The lowest BCUT2D eigenvalue weighted by Gasteiger charge is -2.36. The number of carbonyl (C=O) groups excluding carboxylic acids is 2. The van der Waals surface area contributed by atoms with Gasteiger partial charge in [0.15, 0.2) is 0 Å². The smallest absolute Gasteiger partial charge is 0.229 e. The number of benzene rings is 2.